The van der Waals surface area contributed by atoms with Gasteiger partial charge >= 0.3 is 5.97 Å². The van der Waals surface area contributed by atoms with Crippen LogP contribution in [0.1, 0.15) is 24.0 Å². The molecule has 2 aliphatic heterocycles. The fourth-order valence-corrected chi connectivity index (χ4v) is 3.83. The van der Waals surface area contributed by atoms with Gasteiger partial charge in [-0.25, -0.2) is 0 Å². The van der Waals surface area contributed by atoms with Gasteiger partial charge in [0.2, 0.25) is 0 Å². The highest BCUT2D eigenvalue weighted by Gasteiger charge is 2.43. The van der Waals surface area contributed by atoms with Crippen molar-refractivity contribution in [2.24, 2.45) is 10.9 Å². The third kappa shape index (κ3) is 2.93. The fraction of sp³-hybridized carbons (Fsp3) is 0.389. The number of carbonyl (C=O) groups is 2. The van der Waals surface area contributed by atoms with Gasteiger partial charge in [0, 0.05) is 20.8 Å². The summed E-state index contributed by atoms with van der Waals surface area (Å²) in [7, 11) is 1.36. The molecule has 0 aromatic heterocycles. The van der Waals surface area contributed by atoms with Gasteiger partial charge in [0.1, 0.15) is 12.5 Å². The number of aryl methyl sites for hydroxylation is 1. The van der Waals surface area contributed by atoms with Crippen LogP contribution in [0.15, 0.2) is 34.5 Å². The van der Waals surface area contributed by atoms with E-state index >= 15 is 0 Å². The molecule has 0 saturated heterocycles. The third-order valence-corrected chi connectivity index (χ3v) is 5.66. The Morgan fingerprint density at radius 3 is 2.75 bits per heavy atom. The zero-order valence-corrected chi connectivity index (χ0v) is 15.9. The van der Waals surface area contributed by atoms with Gasteiger partial charge in [0.15, 0.2) is 5.78 Å². The number of hydrogen-bond donors (Lipinski definition) is 0. The summed E-state index contributed by atoms with van der Waals surface area (Å²) in [6.07, 6.45) is 0. The average molecular weight is 439 g/mol. The monoisotopic (exact) mass is 439 g/mol. The highest BCUT2D eigenvalue weighted by atomic mass is 127. The van der Waals surface area contributed by atoms with E-state index in [1.165, 1.54) is 7.11 Å². The first-order valence-corrected chi connectivity index (χ1v) is 8.75. The summed E-state index contributed by atoms with van der Waals surface area (Å²) in [6.45, 7) is 4.16. The van der Waals surface area contributed by atoms with Gasteiger partial charge < -0.3 is 9.47 Å². The van der Waals surface area contributed by atoms with Crippen molar-refractivity contribution >= 4 is 40.1 Å². The second kappa shape index (κ2) is 6.76. The molecule has 2 unspecified atom stereocenters. The largest absolute Gasteiger partial charge is 0.468 e. The topological polar surface area (TPSA) is 65.0 Å². The second-order valence-corrected chi connectivity index (χ2v) is 7.18. The van der Waals surface area contributed by atoms with Gasteiger partial charge in [0.25, 0.3) is 0 Å². The van der Waals surface area contributed by atoms with E-state index in [4.69, 9.17) is 9.47 Å². The first-order valence-electron chi connectivity index (χ1n) is 7.67. The summed E-state index contributed by atoms with van der Waals surface area (Å²) in [4.78, 5) is 29.4. The third-order valence-electron chi connectivity index (χ3n) is 4.50. The maximum absolute atomic E-state index is 12.5. The minimum Gasteiger partial charge on any atom is -0.468 e. The molecule has 1 aromatic carbocycles. The standard InChI is InChI=1S/C18H18INO4/c1-9-4-5-11(6-12(9)19)16-15(18(22)23-3)10(2)20-13-7-24-8-14(21)17(13)16/h4-6,15-16H,7-8H2,1-3H3. The van der Waals surface area contributed by atoms with Crippen LogP contribution >= 0.6 is 22.6 Å². The lowest BCUT2D eigenvalue weighted by atomic mass is 9.74. The molecule has 1 aromatic rings. The molecule has 0 amide bonds. The SMILES string of the molecule is COC(=O)C1C(C)=NC2=C(C(=O)COC2)C1c1ccc(C)c(I)c1. The van der Waals surface area contributed by atoms with E-state index in [2.05, 4.69) is 27.6 Å². The van der Waals surface area contributed by atoms with Gasteiger partial charge in [0.05, 0.1) is 19.4 Å². The van der Waals surface area contributed by atoms with Gasteiger partial charge in [-0.05, 0) is 53.6 Å². The number of halogens is 1. The van der Waals surface area contributed by atoms with Crippen molar-refractivity contribution in [1.29, 1.82) is 0 Å². The van der Waals surface area contributed by atoms with Crippen LogP contribution in [0.2, 0.25) is 0 Å². The first-order chi connectivity index (χ1) is 11.4. The predicted molar refractivity (Wildman–Crippen MR) is 98.1 cm³/mol. The van der Waals surface area contributed by atoms with Crippen molar-refractivity contribution in [2.75, 3.05) is 20.3 Å². The number of rotatable bonds is 2. The molecular formula is C18H18INO4. The zero-order chi connectivity index (χ0) is 17.4. The maximum atomic E-state index is 12.5. The van der Waals surface area contributed by atoms with Crippen LogP contribution in [0.4, 0.5) is 0 Å². The first kappa shape index (κ1) is 17.3. The summed E-state index contributed by atoms with van der Waals surface area (Å²) in [5.74, 6) is -1.45. The molecule has 0 fully saturated rings. The molecule has 0 radical (unpaired) electrons. The molecule has 24 heavy (non-hydrogen) atoms. The lowest BCUT2D eigenvalue weighted by molar-refractivity contribution is -0.143. The highest BCUT2D eigenvalue weighted by molar-refractivity contribution is 14.1. The Bertz CT molecular complexity index is 781. The Kier molecular flexibility index (Phi) is 4.87. The molecule has 0 aliphatic carbocycles. The van der Waals surface area contributed by atoms with E-state index in [9.17, 15) is 9.59 Å². The van der Waals surface area contributed by atoms with Crippen molar-refractivity contribution in [3.63, 3.8) is 0 Å². The summed E-state index contributed by atoms with van der Waals surface area (Å²) >= 11 is 2.27. The van der Waals surface area contributed by atoms with Crippen molar-refractivity contribution < 1.29 is 19.1 Å². The molecule has 0 saturated carbocycles. The number of methoxy groups -OCH3 is 1. The number of Topliss-reactive ketones (excluding diaryl/α,β-unsaturated/α-hetero) is 1. The minimum absolute atomic E-state index is 0.0285. The molecule has 5 nitrogen and oxygen atoms in total. The zero-order valence-electron chi connectivity index (χ0n) is 13.8. The maximum Gasteiger partial charge on any atom is 0.315 e. The Morgan fingerprint density at radius 2 is 2.08 bits per heavy atom. The molecule has 2 atom stereocenters. The van der Waals surface area contributed by atoms with Crippen LogP contribution in [0, 0.1) is 16.4 Å². The van der Waals surface area contributed by atoms with Gasteiger partial charge in [-0.15, -0.1) is 0 Å². The van der Waals surface area contributed by atoms with Crippen molar-refractivity contribution in [2.45, 2.75) is 19.8 Å². The number of ketones is 1. The molecule has 2 heterocycles. The molecule has 2 aliphatic rings. The molecule has 126 valence electrons. The van der Waals surface area contributed by atoms with Crippen LogP contribution < -0.4 is 0 Å². The van der Waals surface area contributed by atoms with Gasteiger partial charge in [-0.3, -0.25) is 14.6 Å². The Labute approximate surface area is 154 Å². The summed E-state index contributed by atoms with van der Waals surface area (Å²) in [5, 5.41) is 0. The number of carbonyl (C=O) groups excluding carboxylic acids is 2. The number of nitrogens with zero attached hydrogens (tertiary/aromatic N) is 1. The number of hydrogen-bond acceptors (Lipinski definition) is 5. The molecule has 3 rings (SSSR count). The lowest BCUT2D eigenvalue weighted by Crippen LogP contribution is -2.39. The van der Waals surface area contributed by atoms with Crippen LogP contribution in [-0.2, 0) is 19.1 Å². The Hall–Kier alpha value is -1.54. The number of esters is 1. The van der Waals surface area contributed by atoms with Crippen LogP contribution in [0.5, 0.6) is 0 Å². The van der Waals surface area contributed by atoms with E-state index in [1.807, 2.05) is 25.1 Å². The Balaban J connectivity index is 2.20. The second-order valence-electron chi connectivity index (χ2n) is 6.02. The quantitative estimate of drug-likeness (QED) is 0.525. The van der Waals surface area contributed by atoms with Crippen LogP contribution in [0.3, 0.4) is 0 Å². The lowest BCUT2D eigenvalue weighted by Gasteiger charge is -2.34. The number of aliphatic imine (C=N–C) groups is 1. The molecule has 6 heteroatoms. The van der Waals surface area contributed by atoms with Gasteiger partial charge in [-0.2, -0.15) is 0 Å². The summed E-state index contributed by atoms with van der Waals surface area (Å²) in [6, 6.07) is 6.02. The van der Waals surface area contributed by atoms with Crippen molar-refractivity contribution in [3.05, 3.63) is 44.2 Å². The smallest absolute Gasteiger partial charge is 0.315 e. The van der Waals surface area contributed by atoms with E-state index in [0.717, 1.165) is 14.7 Å². The highest BCUT2D eigenvalue weighted by Crippen LogP contribution is 2.41. The van der Waals surface area contributed by atoms with E-state index in [0.29, 0.717) is 23.6 Å². The van der Waals surface area contributed by atoms with Crippen LogP contribution in [-0.4, -0.2) is 37.8 Å². The average Bonchev–Trinajstić information content (AvgIpc) is 2.55. The molecule has 0 N–H and O–H groups in total. The minimum atomic E-state index is -0.589. The molecular weight excluding hydrogens is 421 g/mol. The number of ether oxygens (including phenoxy) is 2. The van der Waals surface area contributed by atoms with Crippen molar-refractivity contribution in [1.82, 2.24) is 0 Å². The summed E-state index contributed by atoms with van der Waals surface area (Å²) < 4.78 is 11.4. The number of benzene rings is 1. The summed E-state index contributed by atoms with van der Waals surface area (Å²) in [5.41, 5.74) is 3.95. The predicted octanol–water partition coefficient (Wildman–Crippen LogP) is 2.80. The van der Waals surface area contributed by atoms with Crippen LogP contribution in [0.25, 0.3) is 0 Å². The Morgan fingerprint density at radius 1 is 1.33 bits per heavy atom. The normalized spacial score (nSPS) is 23.7. The fourth-order valence-electron chi connectivity index (χ4n) is 3.29. The van der Waals surface area contributed by atoms with Gasteiger partial charge in [-0.1, -0.05) is 12.1 Å². The van der Waals surface area contributed by atoms with E-state index in [1.54, 1.807) is 6.92 Å². The van der Waals surface area contributed by atoms with E-state index in [-0.39, 0.29) is 24.3 Å². The van der Waals surface area contributed by atoms with E-state index < -0.39 is 5.92 Å². The molecule has 0 bridgehead atoms. The molecule has 0 spiro atoms. The van der Waals surface area contributed by atoms with Crippen molar-refractivity contribution in [3.8, 4) is 0 Å².